The van der Waals surface area contributed by atoms with Crippen LogP contribution >= 0.6 is 11.3 Å². The van der Waals surface area contributed by atoms with Gasteiger partial charge in [0.1, 0.15) is 6.04 Å². The van der Waals surface area contributed by atoms with E-state index in [1.54, 1.807) is 16.3 Å². The Labute approximate surface area is 116 Å². The van der Waals surface area contributed by atoms with Gasteiger partial charge in [0, 0.05) is 11.4 Å². The van der Waals surface area contributed by atoms with Crippen molar-refractivity contribution >= 4 is 23.2 Å². The molecule has 1 aromatic heterocycles. The number of carbonyl (C=O) groups excluding carboxylic acids is 1. The average Bonchev–Trinajstić information content (AvgIpc) is 3.05. The van der Waals surface area contributed by atoms with Crippen LogP contribution in [0.5, 0.6) is 0 Å². The molecule has 2 fully saturated rings. The number of thiophene rings is 1. The summed E-state index contributed by atoms with van der Waals surface area (Å²) in [5, 5.41) is 13.0. The lowest BCUT2D eigenvalue weighted by Gasteiger charge is -2.32. The van der Waals surface area contributed by atoms with E-state index < -0.39 is 12.0 Å². The molecule has 3 atom stereocenters. The molecule has 0 unspecified atom stereocenters. The van der Waals surface area contributed by atoms with Crippen LogP contribution in [0.3, 0.4) is 0 Å². The van der Waals surface area contributed by atoms with Gasteiger partial charge in [-0.3, -0.25) is 4.79 Å². The fourth-order valence-corrected chi connectivity index (χ4v) is 4.14. The van der Waals surface area contributed by atoms with E-state index in [9.17, 15) is 14.7 Å². The lowest BCUT2D eigenvalue weighted by atomic mass is 9.84. The van der Waals surface area contributed by atoms with Gasteiger partial charge in [-0.25, -0.2) is 4.79 Å². The number of carbonyl (C=O) groups is 2. The lowest BCUT2D eigenvalue weighted by Crippen LogP contribution is -2.46. The number of hydrogen-bond acceptors (Lipinski definition) is 3. The summed E-state index contributed by atoms with van der Waals surface area (Å²) in [5.74, 6) is -0.599. The molecule has 0 radical (unpaired) electrons. The molecule has 1 aliphatic heterocycles. The first-order valence-electron chi connectivity index (χ1n) is 6.76. The summed E-state index contributed by atoms with van der Waals surface area (Å²) in [6, 6.07) is 1.27. The zero-order chi connectivity index (χ0) is 13.4. The van der Waals surface area contributed by atoms with Crippen LogP contribution in [0.1, 0.15) is 42.5 Å². The van der Waals surface area contributed by atoms with Crippen molar-refractivity contribution in [3.8, 4) is 0 Å². The lowest BCUT2D eigenvalue weighted by molar-refractivity contribution is -0.141. The Hall–Kier alpha value is -1.36. The minimum Gasteiger partial charge on any atom is -0.480 e. The van der Waals surface area contributed by atoms with E-state index in [0.29, 0.717) is 17.9 Å². The van der Waals surface area contributed by atoms with Crippen molar-refractivity contribution in [2.24, 2.45) is 5.92 Å². The van der Waals surface area contributed by atoms with Gasteiger partial charge < -0.3 is 10.0 Å². The van der Waals surface area contributed by atoms with Crippen LogP contribution in [0.2, 0.25) is 0 Å². The first-order valence-corrected chi connectivity index (χ1v) is 7.70. The zero-order valence-electron chi connectivity index (χ0n) is 10.6. The van der Waals surface area contributed by atoms with Crippen molar-refractivity contribution in [2.75, 3.05) is 0 Å². The van der Waals surface area contributed by atoms with E-state index in [2.05, 4.69) is 0 Å². The second kappa shape index (κ2) is 4.96. The van der Waals surface area contributed by atoms with Gasteiger partial charge in [0.2, 0.25) is 0 Å². The second-order valence-corrected chi connectivity index (χ2v) is 6.21. The standard InChI is InChI=1S/C14H17NO3S/c16-13(10-5-6-19-8-10)15-11-4-2-1-3-9(11)7-12(15)14(17)18/h5-6,8-9,11-12H,1-4,7H2,(H,17,18)/t9-,11-,12-/m0/s1. The van der Waals surface area contributed by atoms with Crippen LogP contribution in [-0.4, -0.2) is 34.0 Å². The maximum atomic E-state index is 12.5. The molecule has 1 N–H and O–H groups in total. The maximum absolute atomic E-state index is 12.5. The molecular weight excluding hydrogens is 262 g/mol. The first kappa shape index (κ1) is 12.7. The fraction of sp³-hybridized carbons (Fsp3) is 0.571. The Bertz CT molecular complexity index is 485. The molecule has 0 aromatic carbocycles. The van der Waals surface area contributed by atoms with Gasteiger partial charge in [-0.2, -0.15) is 11.3 Å². The Morgan fingerprint density at radius 1 is 1.32 bits per heavy atom. The second-order valence-electron chi connectivity index (χ2n) is 5.43. The maximum Gasteiger partial charge on any atom is 0.326 e. The highest BCUT2D eigenvalue weighted by Gasteiger charge is 2.47. The summed E-state index contributed by atoms with van der Waals surface area (Å²) >= 11 is 1.47. The number of carboxylic acids is 1. The van der Waals surface area contributed by atoms with E-state index in [1.807, 2.05) is 5.38 Å². The predicted octanol–water partition coefficient (Wildman–Crippen LogP) is 2.61. The van der Waals surface area contributed by atoms with Crippen molar-refractivity contribution in [3.63, 3.8) is 0 Å². The molecule has 5 heteroatoms. The van der Waals surface area contributed by atoms with Crippen molar-refractivity contribution in [1.29, 1.82) is 0 Å². The summed E-state index contributed by atoms with van der Waals surface area (Å²) in [5.41, 5.74) is 0.627. The number of likely N-dealkylation sites (tertiary alicyclic amines) is 1. The van der Waals surface area contributed by atoms with E-state index in [-0.39, 0.29) is 11.9 Å². The summed E-state index contributed by atoms with van der Waals surface area (Å²) in [6.07, 6.45) is 4.89. The minimum absolute atomic E-state index is 0.108. The smallest absolute Gasteiger partial charge is 0.326 e. The SMILES string of the molecule is O=C(O)[C@@H]1C[C@@H]2CCCC[C@@H]2N1C(=O)c1ccsc1. The van der Waals surface area contributed by atoms with Crippen LogP contribution < -0.4 is 0 Å². The highest BCUT2D eigenvalue weighted by atomic mass is 32.1. The zero-order valence-corrected chi connectivity index (χ0v) is 11.4. The molecule has 0 spiro atoms. The number of aliphatic carboxylic acids is 1. The first-order chi connectivity index (χ1) is 9.18. The van der Waals surface area contributed by atoms with Gasteiger partial charge in [-0.05, 0) is 36.6 Å². The van der Waals surface area contributed by atoms with Crippen LogP contribution in [0.4, 0.5) is 0 Å². The molecule has 0 bridgehead atoms. The Balaban J connectivity index is 1.90. The third-order valence-corrected chi connectivity index (χ3v) is 5.06. The normalized spacial score (nSPS) is 30.1. The highest BCUT2D eigenvalue weighted by Crippen LogP contribution is 2.40. The molecule has 1 saturated heterocycles. The molecule has 1 aromatic rings. The van der Waals surface area contributed by atoms with E-state index in [1.165, 1.54) is 11.3 Å². The summed E-state index contributed by atoms with van der Waals surface area (Å²) in [4.78, 5) is 25.6. The van der Waals surface area contributed by atoms with Gasteiger partial charge >= 0.3 is 5.97 Å². The topological polar surface area (TPSA) is 57.6 Å². The van der Waals surface area contributed by atoms with Crippen LogP contribution in [-0.2, 0) is 4.79 Å². The molecule has 2 aliphatic rings. The van der Waals surface area contributed by atoms with E-state index >= 15 is 0 Å². The quantitative estimate of drug-likeness (QED) is 0.905. The monoisotopic (exact) mass is 279 g/mol. The Kier molecular flexibility index (Phi) is 3.31. The molecule has 1 aliphatic carbocycles. The van der Waals surface area contributed by atoms with E-state index in [0.717, 1.165) is 25.7 Å². The van der Waals surface area contributed by atoms with Crippen molar-refractivity contribution in [2.45, 2.75) is 44.2 Å². The molecule has 1 amide bonds. The average molecular weight is 279 g/mol. The summed E-state index contributed by atoms with van der Waals surface area (Å²) in [7, 11) is 0. The molecule has 102 valence electrons. The summed E-state index contributed by atoms with van der Waals surface area (Å²) in [6.45, 7) is 0. The largest absolute Gasteiger partial charge is 0.480 e. The number of fused-ring (bicyclic) bond motifs is 1. The van der Waals surface area contributed by atoms with Crippen molar-refractivity contribution in [1.82, 2.24) is 4.90 Å². The predicted molar refractivity (Wildman–Crippen MR) is 72.3 cm³/mol. The van der Waals surface area contributed by atoms with Gasteiger partial charge in [-0.15, -0.1) is 0 Å². The van der Waals surface area contributed by atoms with Gasteiger partial charge in [-0.1, -0.05) is 12.8 Å². The van der Waals surface area contributed by atoms with Crippen LogP contribution in [0.25, 0.3) is 0 Å². The van der Waals surface area contributed by atoms with Crippen LogP contribution in [0.15, 0.2) is 16.8 Å². The Morgan fingerprint density at radius 2 is 2.11 bits per heavy atom. The van der Waals surface area contributed by atoms with Gasteiger partial charge in [0.05, 0.1) is 5.56 Å². The van der Waals surface area contributed by atoms with Crippen molar-refractivity contribution in [3.05, 3.63) is 22.4 Å². The molecular formula is C14H17NO3S. The molecule has 3 rings (SSSR count). The third-order valence-electron chi connectivity index (χ3n) is 4.38. The third kappa shape index (κ3) is 2.16. The number of carboxylic acid groups (broad SMARTS) is 1. The summed E-state index contributed by atoms with van der Waals surface area (Å²) < 4.78 is 0. The molecule has 4 nitrogen and oxygen atoms in total. The number of nitrogens with zero attached hydrogens (tertiary/aromatic N) is 1. The molecule has 19 heavy (non-hydrogen) atoms. The van der Waals surface area contributed by atoms with E-state index in [4.69, 9.17) is 0 Å². The number of hydrogen-bond donors (Lipinski definition) is 1. The van der Waals surface area contributed by atoms with Crippen molar-refractivity contribution < 1.29 is 14.7 Å². The number of rotatable bonds is 2. The number of amides is 1. The molecule has 2 heterocycles. The highest BCUT2D eigenvalue weighted by molar-refractivity contribution is 7.08. The van der Waals surface area contributed by atoms with Gasteiger partial charge in [0.15, 0.2) is 0 Å². The van der Waals surface area contributed by atoms with Gasteiger partial charge in [0.25, 0.3) is 5.91 Å². The van der Waals surface area contributed by atoms with Crippen LogP contribution in [0, 0.1) is 5.92 Å². The fourth-order valence-electron chi connectivity index (χ4n) is 3.51. The molecule has 1 saturated carbocycles. The Morgan fingerprint density at radius 3 is 2.79 bits per heavy atom. The minimum atomic E-state index is -0.863.